The summed E-state index contributed by atoms with van der Waals surface area (Å²) in [5.41, 5.74) is 9.86. The number of nitrogens with zero attached hydrogens (tertiary/aromatic N) is 5. The summed E-state index contributed by atoms with van der Waals surface area (Å²) in [6.07, 6.45) is 9.71. The Balaban J connectivity index is 1.48. The van der Waals surface area contributed by atoms with Gasteiger partial charge in [-0.1, -0.05) is 24.3 Å². The van der Waals surface area contributed by atoms with Crippen LogP contribution in [0.1, 0.15) is 46.9 Å². The molecule has 3 heterocycles. The van der Waals surface area contributed by atoms with Gasteiger partial charge in [-0.3, -0.25) is 4.79 Å². The predicted octanol–water partition coefficient (Wildman–Crippen LogP) is 4.48. The Morgan fingerprint density at radius 3 is 2.79 bits per heavy atom. The largest absolute Gasteiger partial charge is 0.368 e. The Morgan fingerprint density at radius 1 is 1.15 bits per heavy atom. The van der Waals surface area contributed by atoms with Crippen LogP contribution in [0.2, 0.25) is 0 Å². The third-order valence-corrected chi connectivity index (χ3v) is 6.17. The summed E-state index contributed by atoms with van der Waals surface area (Å²) in [5.74, 6) is -0.202. The van der Waals surface area contributed by atoms with E-state index in [1.165, 1.54) is 12.1 Å². The van der Waals surface area contributed by atoms with Crippen molar-refractivity contribution in [1.82, 2.24) is 24.4 Å². The average Bonchev–Trinajstić information content (AvgIpc) is 3.37. The smallest absolute Gasteiger partial charge is 0.254 e. The van der Waals surface area contributed by atoms with Crippen LogP contribution < -0.4 is 5.73 Å². The van der Waals surface area contributed by atoms with E-state index in [2.05, 4.69) is 15.0 Å². The molecule has 0 spiro atoms. The van der Waals surface area contributed by atoms with Gasteiger partial charge in [0, 0.05) is 42.8 Å². The van der Waals surface area contributed by atoms with Gasteiger partial charge in [-0.2, -0.15) is 0 Å². The van der Waals surface area contributed by atoms with E-state index in [4.69, 9.17) is 5.73 Å². The normalized spacial score (nSPS) is 15.9. The molecule has 7 nitrogen and oxygen atoms in total. The van der Waals surface area contributed by atoms with E-state index in [9.17, 15) is 9.18 Å². The van der Waals surface area contributed by atoms with Gasteiger partial charge in [0.15, 0.2) is 0 Å². The lowest BCUT2D eigenvalue weighted by atomic mass is 9.93. The van der Waals surface area contributed by atoms with Crippen molar-refractivity contribution in [1.29, 1.82) is 0 Å². The number of piperidine rings is 1. The SMILES string of the molecule is Nc1ncc(-c2ccc(F)cc2)c([C@H]2CCCCN2C(=O)c2cccc(Cn3ccnc3)c2)n1. The fourth-order valence-electron chi connectivity index (χ4n) is 4.53. The number of aromatic nitrogens is 4. The number of nitrogens with two attached hydrogens (primary N) is 1. The van der Waals surface area contributed by atoms with Crippen LogP contribution in [0.5, 0.6) is 0 Å². The summed E-state index contributed by atoms with van der Waals surface area (Å²) in [5, 5.41) is 0. The molecular weight excluding hydrogens is 431 g/mol. The summed E-state index contributed by atoms with van der Waals surface area (Å²) >= 11 is 0. The molecule has 8 heteroatoms. The number of nitrogen functional groups attached to an aromatic ring is 1. The second-order valence-electron chi connectivity index (χ2n) is 8.48. The molecule has 5 rings (SSSR count). The highest BCUT2D eigenvalue weighted by Gasteiger charge is 2.32. The fraction of sp³-hybridized carbons (Fsp3) is 0.231. The zero-order chi connectivity index (χ0) is 23.5. The topological polar surface area (TPSA) is 89.9 Å². The van der Waals surface area contributed by atoms with Crippen molar-refractivity contribution in [2.75, 3.05) is 12.3 Å². The van der Waals surface area contributed by atoms with Crippen molar-refractivity contribution >= 4 is 11.9 Å². The first-order chi connectivity index (χ1) is 16.6. The van der Waals surface area contributed by atoms with Crippen molar-refractivity contribution < 1.29 is 9.18 Å². The Morgan fingerprint density at radius 2 is 2.00 bits per heavy atom. The zero-order valence-corrected chi connectivity index (χ0v) is 18.6. The quantitative estimate of drug-likeness (QED) is 0.478. The Hall–Kier alpha value is -4.07. The Labute approximate surface area is 197 Å². The van der Waals surface area contributed by atoms with Gasteiger partial charge in [0.1, 0.15) is 5.82 Å². The van der Waals surface area contributed by atoms with Gasteiger partial charge < -0.3 is 15.2 Å². The molecule has 0 aliphatic carbocycles. The van der Waals surface area contributed by atoms with Crippen molar-refractivity contribution in [2.45, 2.75) is 31.8 Å². The van der Waals surface area contributed by atoms with Crippen molar-refractivity contribution in [3.8, 4) is 11.1 Å². The van der Waals surface area contributed by atoms with Gasteiger partial charge in [0.25, 0.3) is 5.91 Å². The van der Waals surface area contributed by atoms with Gasteiger partial charge in [-0.15, -0.1) is 0 Å². The van der Waals surface area contributed by atoms with E-state index in [0.29, 0.717) is 24.3 Å². The summed E-state index contributed by atoms with van der Waals surface area (Å²) in [6.45, 7) is 1.27. The molecule has 172 valence electrons. The number of imidazole rings is 1. The summed E-state index contributed by atoms with van der Waals surface area (Å²) < 4.78 is 15.5. The summed E-state index contributed by atoms with van der Waals surface area (Å²) in [4.78, 5) is 28.4. The minimum absolute atomic E-state index is 0.0422. The van der Waals surface area contributed by atoms with E-state index < -0.39 is 0 Å². The lowest BCUT2D eigenvalue weighted by Crippen LogP contribution is -2.39. The molecule has 1 saturated heterocycles. The van der Waals surface area contributed by atoms with Gasteiger partial charge in [-0.25, -0.2) is 19.3 Å². The zero-order valence-electron chi connectivity index (χ0n) is 18.6. The number of halogens is 1. The minimum atomic E-state index is -0.313. The van der Waals surface area contributed by atoms with E-state index in [0.717, 1.165) is 36.0 Å². The van der Waals surface area contributed by atoms with Crippen LogP contribution in [0.15, 0.2) is 73.4 Å². The highest BCUT2D eigenvalue weighted by molar-refractivity contribution is 5.95. The van der Waals surface area contributed by atoms with Gasteiger partial charge in [-0.05, 0) is 54.7 Å². The monoisotopic (exact) mass is 456 g/mol. The summed E-state index contributed by atoms with van der Waals surface area (Å²) in [6, 6.07) is 13.7. The van der Waals surface area contributed by atoms with E-state index in [-0.39, 0.29) is 23.7 Å². The molecule has 1 fully saturated rings. The number of amides is 1. The molecule has 1 amide bonds. The molecule has 1 aliphatic heterocycles. The van der Waals surface area contributed by atoms with Crippen LogP contribution in [-0.2, 0) is 6.54 Å². The number of rotatable bonds is 5. The molecule has 4 aromatic rings. The van der Waals surface area contributed by atoms with Gasteiger partial charge >= 0.3 is 0 Å². The van der Waals surface area contributed by atoms with Crippen molar-refractivity contribution in [3.63, 3.8) is 0 Å². The van der Waals surface area contributed by atoms with Crippen molar-refractivity contribution in [2.24, 2.45) is 0 Å². The molecule has 2 aromatic carbocycles. The number of carbonyl (C=O) groups excluding carboxylic acids is 1. The highest BCUT2D eigenvalue weighted by Crippen LogP contribution is 2.36. The van der Waals surface area contributed by atoms with Gasteiger partial charge in [0.05, 0.1) is 18.1 Å². The molecule has 0 unspecified atom stereocenters. The fourth-order valence-corrected chi connectivity index (χ4v) is 4.53. The van der Waals surface area contributed by atoms with Crippen LogP contribution in [0.3, 0.4) is 0 Å². The van der Waals surface area contributed by atoms with Crippen LogP contribution in [0.25, 0.3) is 11.1 Å². The third-order valence-electron chi connectivity index (χ3n) is 6.17. The lowest BCUT2D eigenvalue weighted by Gasteiger charge is -2.36. The average molecular weight is 457 g/mol. The number of benzene rings is 2. The van der Waals surface area contributed by atoms with Gasteiger partial charge in [0.2, 0.25) is 5.95 Å². The van der Waals surface area contributed by atoms with E-state index in [1.807, 2.05) is 39.9 Å². The Kier molecular flexibility index (Phi) is 6.03. The maximum atomic E-state index is 13.7. The number of hydrogen-bond acceptors (Lipinski definition) is 5. The molecule has 0 radical (unpaired) electrons. The molecule has 2 N–H and O–H groups in total. The van der Waals surface area contributed by atoms with E-state index >= 15 is 0 Å². The van der Waals surface area contributed by atoms with Crippen LogP contribution in [0, 0.1) is 5.82 Å². The number of carbonyl (C=O) groups is 1. The summed E-state index contributed by atoms with van der Waals surface area (Å²) in [7, 11) is 0. The molecule has 34 heavy (non-hydrogen) atoms. The maximum Gasteiger partial charge on any atom is 0.254 e. The number of anilines is 1. The van der Waals surface area contributed by atoms with Crippen LogP contribution in [-0.4, -0.2) is 36.9 Å². The molecule has 1 aliphatic rings. The first-order valence-corrected chi connectivity index (χ1v) is 11.3. The minimum Gasteiger partial charge on any atom is -0.368 e. The standard InChI is InChI=1S/C26H25FN6O/c27-21-9-7-19(8-10-21)22-15-30-26(28)31-24(22)23-6-1-2-12-33(23)25(34)20-5-3-4-18(14-20)16-32-13-11-29-17-32/h3-5,7-11,13-15,17,23H,1-2,6,12,16H2,(H2,28,30,31)/t23-/m1/s1. The van der Waals surface area contributed by atoms with Crippen LogP contribution >= 0.6 is 0 Å². The second-order valence-corrected chi connectivity index (χ2v) is 8.48. The lowest BCUT2D eigenvalue weighted by molar-refractivity contribution is 0.0606. The van der Waals surface area contributed by atoms with Crippen molar-refractivity contribution in [3.05, 3.63) is 96.1 Å². The second kappa shape index (κ2) is 9.43. The molecule has 0 saturated carbocycles. The first-order valence-electron chi connectivity index (χ1n) is 11.3. The van der Waals surface area contributed by atoms with Crippen LogP contribution in [0.4, 0.5) is 10.3 Å². The third kappa shape index (κ3) is 4.52. The van der Waals surface area contributed by atoms with E-state index in [1.54, 1.807) is 30.9 Å². The maximum absolute atomic E-state index is 13.7. The molecule has 2 aromatic heterocycles. The molecular formula is C26H25FN6O. The number of hydrogen-bond donors (Lipinski definition) is 1. The number of likely N-dealkylation sites (tertiary alicyclic amines) is 1. The first kappa shape index (κ1) is 21.8. The molecule has 0 bridgehead atoms. The highest BCUT2D eigenvalue weighted by atomic mass is 19.1. The predicted molar refractivity (Wildman–Crippen MR) is 127 cm³/mol. The molecule has 1 atom stereocenters. The Bertz CT molecular complexity index is 1290.